The minimum absolute atomic E-state index is 0.0602. The highest BCUT2D eigenvalue weighted by Gasteiger charge is 2.11. The van der Waals surface area contributed by atoms with E-state index < -0.39 is 5.91 Å². The lowest BCUT2D eigenvalue weighted by atomic mass is 10.1. The van der Waals surface area contributed by atoms with Crippen LogP contribution in [0.25, 0.3) is 6.08 Å². The Bertz CT molecular complexity index is 634. The average Bonchev–Trinajstić information content (AvgIpc) is 2.48. The van der Waals surface area contributed by atoms with Crippen molar-refractivity contribution in [3.63, 3.8) is 0 Å². The Balaban J connectivity index is 2.21. The van der Waals surface area contributed by atoms with E-state index in [0.29, 0.717) is 5.56 Å². The predicted molar refractivity (Wildman–Crippen MR) is 77.5 cm³/mol. The Labute approximate surface area is 116 Å². The van der Waals surface area contributed by atoms with E-state index in [1.165, 1.54) is 0 Å². The third kappa shape index (κ3) is 3.55. The van der Waals surface area contributed by atoms with Crippen molar-refractivity contribution in [3.05, 3.63) is 77.5 Å². The second-order valence-corrected chi connectivity index (χ2v) is 4.15. The standard InChI is InChI=1S/C16H14N2O2/c17-15(19)14(11-12-7-3-1-4-8-12)18-16(20)13-9-5-2-6-10-13/h1-11H,(H2,17,19)(H,18,20). The highest BCUT2D eigenvalue weighted by atomic mass is 16.2. The van der Waals surface area contributed by atoms with Crippen LogP contribution in [-0.4, -0.2) is 11.8 Å². The molecule has 0 bridgehead atoms. The van der Waals surface area contributed by atoms with Gasteiger partial charge in [-0.2, -0.15) is 0 Å². The Hall–Kier alpha value is -2.88. The summed E-state index contributed by atoms with van der Waals surface area (Å²) in [5, 5.41) is 2.53. The Morgan fingerprint density at radius 3 is 2.00 bits per heavy atom. The summed E-state index contributed by atoms with van der Waals surface area (Å²) in [6.45, 7) is 0. The lowest BCUT2D eigenvalue weighted by molar-refractivity contribution is -0.114. The quantitative estimate of drug-likeness (QED) is 0.830. The second kappa shape index (κ2) is 6.33. The molecule has 0 radical (unpaired) electrons. The maximum atomic E-state index is 12.0. The lowest BCUT2D eigenvalue weighted by Crippen LogP contribution is -2.31. The fraction of sp³-hybridized carbons (Fsp3) is 0. The van der Waals surface area contributed by atoms with Gasteiger partial charge in [0, 0.05) is 5.56 Å². The molecule has 0 atom stereocenters. The molecule has 0 saturated carbocycles. The molecule has 4 heteroatoms. The second-order valence-electron chi connectivity index (χ2n) is 4.15. The molecule has 4 nitrogen and oxygen atoms in total. The number of nitrogens with one attached hydrogen (secondary N) is 1. The largest absolute Gasteiger partial charge is 0.364 e. The van der Waals surface area contributed by atoms with E-state index in [2.05, 4.69) is 5.32 Å². The van der Waals surface area contributed by atoms with Crippen molar-refractivity contribution in [3.8, 4) is 0 Å². The highest BCUT2D eigenvalue weighted by Crippen LogP contribution is 2.06. The van der Waals surface area contributed by atoms with Crippen molar-refractivity contribution < 1.29 is 9.59 Å². The van der Waals surface area contributed by atoms with Crippen LogP contribution in [0.4, 0.5) is 0 Å². The molecule has 0 spiro atoms. The number of carbonyl (C=O) groups excluding carboxylic acids is 2. The van der Waals surface area contributed by atoms with E-state index in [1.54, 1.807) is 30.3 Å². The van der Waals surface area contributed by atoms with Gasteiger partial charge >= 0.3 is 0 Å². The SMILES string of the molecule is NC(=O)C(=Cc1ccccc1)NC(=O)c1ccccc1. The van der Waals surface area contributed by atoms with Gasteiger partial charge in [0.25, 0.3) is 11.8 Å². The third-order valence-corrected chi connectivity index (χ3v) is 2.66. The van der Waals surface area contributed by atoms with E-state index in [4.69, 9.17) is 5.73 Å². The molecule has 3 N–H and O–H groups in total. The van der Waals surface area contributed by atoms with Gasteiger partial charge in [-0.3, -0.25) is 9.59 Å². The summed E-state index contributed by atoms with van der Waals surface area (Å²) in [5.74, 6) is -1.05. The third-order valence-electron chi connectivity index (χ3n) is 2.66. The Morgan fingerprint density at radius 1 is 0.900 bits per heavy atom. The van der Waals surface area contributed by atoms with Gasteiger partial charge in [-0.25, -0.2) is 0 Å². The summed E-state index contributed by atoms with van der Waals surface area (Å²) >= 11 is 0. The minimum Gasteiger partial charge on any atom is -0.364 e. The summed E-state index contributed by atoms with van der Waals surface area (Å²) in [6.07, 6.45) is 1.54. The normalized spacial score (nSPS) is 10.9. The minimum atomic E-state index is -0.682. The molecule has 2 rings (SSSR count). The first-order valence-corrected chi connectivity index (χ1v) is 6.10. The lowest BCUT2D eigenvalue weighted by Gasteiger charge is -2.07. The summed E-state index contributed by atoms with van der Waals surface area (Å²) in [7, 11) is 0. The number of nitrogens with two attached hydrogens (primary N) is 1. The number of hydrogen-bond acceptors (Lipinski definition) is 2. The van der Waals surface area contributed by atoms with Crippen LogP contribution in [0.15, 0.2) is 66.4 Å². The molecule has 0 heterocycles. The van der Waals surface area contributed by atoms with Crippen LogP contribution < -0.4 is 11.1 Å². The smallest absolute Gasteiger partial charge is 0.265 e. The molecule has 0 fully saturated rings. The fourth-order valence-corrected chi connectivity index (χ4v) is 1.67. The molecule has 100 valence electrons. The summed E-state index contributed by atoms with van der Waals surface area (Å²) in [6, 6.07) is 17.8. The number of benzene rings is 2. The maximum Gasteiger partial charge on any atom is 0.265 e. The van der Waals surface area contributed by atoms with Crippen LogP contribution in [-0.2, 0) is 4.79 Å². The molecule has 20 heavy (non-hydrogen) atoms. The van der Waals surface area contributed by atoms with Crippen LogP contribution in [0.3, 0.4) is 0 Å². The van der Waals surface area contributed by atoms with Crippen molar-refractivity contribution in [2.24, 2.45) is 5.73 Å². The zero-order chi connectivity index (χ0) is 14.4. The summed E-state index contributed by atoms with van der Waals surface area (Å²) in [5.41, 5.74) is 6.60. The highest BCUT2D eigenvalue weighted by molar-refractivity contribution is 6.04. The molecule has 0 saturated heterocycles. The van der Waals surface area contributed by atoms with E-state index >= 15 is 0 Å². The predicted octanol–water partition coefficient (Wildman–Crippen LogP) is 1.94. The van der Waals surface area contributed by atoms with Crippen molar-refractivity contribution in [1.82, 2.24) is 5.32 Å². The topological polar surface area (TPSA) is 72.2 Å². The van der Waals surface area contributed by atoms with E-state index in [9.17, 15) is 9.59 Å². The first-order chi connectivity index (χ1) is 9.66. The van der Waals surface area contributed by atoms with Gasteiger partial charge in [0.2, 0.25) is 0 Å². The molecule has 0 aromatic heterocycles. The van der Waals surface area contributed by atoms with Crippen LogP contribution in [0.2, 0.25) is 0 Å². The van der Waals surface area contributed by atoms with Crippen molar-refractivity contribution in [1.29, 1.82) is 0 Å². The molecule has 0 aliphatic rings. The van der Waals surface area contributed by atoms with Gasteiger partial charge in [-0.15, -0.1) is 0 Å². The molecule has 0 aliphatic carbocycles. The number of primary amides is 1. The molecule has 0 unspecified atom stereocenters. The van der Waals surface area contributed by atoms with Crippen LogP contribution in [0.1, 0.15) is 15.9 Å². The van der Waals surface area contributed by atoms with Crippen molar-refractivity contribution >= 4 is 17.9 Å². The number of carbonyl (C=O) groups is 2. The van der Waals surface area contributed by atoms with Crippen LogP contribution >= 0.6 is 0 Å². The maximum absolute atomic E-state index is 12.0. The summed E-state index contributed by atoms with van der Waals surface area (Å²) in [4.78, 5) is 23.4. The Kier molecular flexibility index (Phi) is 4.29. The van der Waals surface area contributed by atoms with Gasteiger partial charge < -0.3 is 11.1 Å². The number of amides is 2. The van der Waals surface area contributed by atoms with Gasteiger partial charge in [0.15, 0.2) is 0 Å². The van der Waals surface area contributed by atoms with E-state index in [-0.39, 0.29) is 11.6 Å². The van der Waals surface area contributed by atoms with E-state index in [0.717, 1.165) is 5.56 Å². The van der Waals surface area contributed by atoms with E-state index in [1.807, 2.05) is 36.4 Å². The first-order valence-electron chi connectivity index (χ1n) is 6.10. The molecule has 2 aromatic rings. The monoisotopic (exact) mass is 266 g/mol. The van der Waals surface area contributed by atoms with Crippen LogP contribution in [0.5, 0.6) is 0 Å². The van der Waals surface area contributed by atoms with Gasteiger partial charge in [-0.05, 0) is 23.8 Å². The zero-order valence-corrected chi connectivity index (χ0v) is 10.7. The van der Waals surface area contributed by atoms with Gasteiger partial charge in [0.05, 0.1) is 0 Å². The molecular weight excluding hydrogens is 252 g/mol. The number of hydrogen-bond donors (Lipinski definition) is 2. The average molecular weight is 266 g/mol. The fourth-order valence-electron chi connectivity index (χ4n) is 1.67. The van der Waals surface area contributed by atoms with Gasteiger partial charge in [0.1, 0.15) is 5.70 Å². The zero-order valence-electron chi connectivity index (χ0n) is 10.7. The Morgan fingerprint density at radius 2 is 1.45 bits per heavy atom. The van der Waals surface area contributed by atoms with Crippen LogP contribution in [0, 0.1) is 0 Å². The molecule has 2 amide bonds. The number of rotatable bonds is 4. The molecule has 0 aliphatic heterocycles. The molecule has 2 aromatic carbocycles. The van der Waals surface area contributed by atoms with Gasteiger partial charge in [-0.1, -0.05) is 48.5 Å². The molecular formula is C16H14N2O2. The van der Waals surface area contributed by atoms with Crippen molar-refractivity contribution in [2.75, 3.05) is 0 Å². The van der Waals surface area contributed by atoms with Crippen molar-refractivity contribution in [2.45, 2.75) is 0 Å². The first kappa shape index (κ1) is 13.5. The summed E-state index contributed by atoms with van der Waals surface area (Å²) < 4.78 is 0.